The van der Waals surface area contributed by atoms with Crippen molar-refractivity contribution in [3.05, 3.63) is 51.7 Å². The molecule has 1 aromatic heterocycles. The predicted molar refractivity (Wildman–Crippen MR) is 86.4 cm³/mol. The molecule has 114 valence electrons. The summed E-state index contributed by atoms with van der Waals surface area (Å²) in [7, 11) is 0. The lowest BCUT2D eigenvalue weighted by Gasteiger charge is -2.21. The van der Waals surface area contributed by atoms with Crippen molar-refractivity contribution < 1.29 is 14.3 Å². The Hall–Kier alpha value is -2.14. The van der Waals surface area contributed by atoms with Gasteiger partial charge in [0.1, 0.15) is 4.88 Å². The average Bonchev–Trinajstić information content (AvgIpc) is 3.12. The molecule has 1 aromatic carbocycles. The van der Waals surface area contributed by atoms with Crippen LogP contribution in [0.25, 0.3) is 0 Å². The van der Waals surface area contributed by atoms with Gasteiger partial charge in [0.2, 0.25) is 0 Å². The summed E-state index contributed by atoms with van der Waals surface area (Å²) < 4.78 is 5.35. The molecule has 0 saturated carbocycles. The molecule has 0 spiro atoms. The first-order valence-corrected chi connectivity index (χ1v) is 8.10. The first-order valence-electron chi connectivity index (χ1n) is 7.22. The fourth-order valence-corrected chi connectivity index (χ4v) is 3.44. The van der Waals surface area contributed by atoms with Crippen molar-refractivity contribution in [3.63, 3.8) is 0 Å². The molecule has 5 heteroatoms. The minimum absolute atomic E-state index is 0.174. The van der Waals surface area contributed by atoms with Crippen LogP contribution in [0.4, 0.5) is 5.69 Å². The van der Waals surface area contributed by atoms with Crippen molar-refractivity contribution in [1.82, 2.24) is 0 Å². The van der Waals surface area contributed by atoms with Gasteiger partial charge in [0, 0.05) is 12.2 Å². The Kier molecular flexibility index (Phi) is 3.98. The lowest BCUT2D eigenvalue weighted by atomic mass is 10.2. The smallest absolute Gasteiger partial charge is 0.349 e. The van der Waals surface area contributed by atoms with Crippen LogP contribution in [0, 0.1) is 6.92 Å². The topological polar surface area (TPSA) is 46.6 Å². The van der Waals surface area contributed by atoms with E-state index in [-0.39, 0.29) is 5.91 Å². The highest BCUT2D eigenvalue weighted by Crippen LogP contribution is 2.28. The molecule has 1 aliphatic rings. The molecule has 0 radical (unpaired) electrons. The quantitative estimate of drug-likeness (QED) is 0.817. The highest BCUT2D eigenvalue weighted by Gasteiger charge is 2.30. The number of thiophene rings is 1. The van der Waals surface area contributed by atoms with Crippen molar-refractivity contribution in [3.8, 4) is 0 Å². The van der Waals surface area contributed by atoms with Crippen LogP contribution >= 0.6 is 11.3 Å². The molecular formula is C17H17NO3S. The maximum absolute atomic E-state index is 12.6. The molecule has 0 N–H and O–H groups in total. The Labute approximate surface area is 133 Å². The maximum atomic E-state index is 12.6. The van der Waals surface area contributed by atoms with E-state index < -0.39 is 12.1 Å². The third kappa shape index (κ3) is 2.64. The molecule has 0 unspecified atom stereocenters. The molecule has 22 heavy (non-hydrogen) atoms. The average molecular weight is 315 g/mol. The molecule has 1 amide bonds. The summed E-state index contributed by atoms with van der Waals surface area (Å²) in [5.74, 6) is -0.603. The zero-order chi connectivity index (χ0) is 15.7. The minimum atomic E-state index is -0.792. The van der Waals surface area contributed by atoms with Crippen molar-refractivity contribution >= 4 is 28.9 Å². The second-order valence-corrected chi connectivity index (χ2v) is 6.26. The number of para-hydroxylation sites is 1. The molecule has 0 bridgehead atoms. The van der Waals surface area contributed by atoms with Gasteiger partial charge in [-0.2, -0.15) is 0 Å². The first kappa shape index (κ1) is 14.8. The van der Waals surface area contributed by atoms with Gasteiger partial charge in [-0.3, -0.25) is 4.79 Å². The molecule has 2 aromatic rings. The molecule has 0 aliphatic carbocycles. The molecule has 3 rings (SSSR count). The van der Waals surface area contributed by atoms with Crippen LogP contribution in [0.3, 0.4) is 0 Å². The fraction of sp³-hybridized carbons (Fsp3) is 0.294. The summed E-state index contributed by atoms with van der Waals surface area (Å²) in [4.78, 5) is 26.9. The van der Waals surface area contributed by atoms with Gasteiger partial charge in [-0.25, -0.2) is 4.79 Å². The molecule has 1 aliphatic heterocycles. The summed E-state index contributed by atoms with van der Waals surface area (Å²) in [6.45, 7) is 4.12. The SMILES string of the molecule is Cc1ccsc1C(=O)O[C@@H](C)C(=O)N1CCc2ccccc21. The van der Waals surface area contributed by atoms with E-state index in [9.17, 15) is 9.59 Å². The normalized spacial score (nSPS) is 14.5. The Morgan fingerprint density at radius 2 is 2.05 bits per heavy atom. The largest absolute Gasteiger partial charge is 0.448 e. The lowest BCUT2D eigenvalue weighted by molar-refractivity contribution is -0.126. The number of benzene rings is 1. The molecule has 1 atom stereocenters. The van der Waals surface area contributed by atoms with E-state index in [0.29, 0.717) is 11.4 Å². The van der Waals surface area contributed by atoms with Gasteiger partial charge >= 0.3 is 5.97 Å². The van der Waals surface area contributed by atoms with Crippen LogP contribution < -0.4 is 4.90 Å². The summed E-state index contributed by atoms with van der Waals surface area (Å²) in [6.07, 6.45) is 0.0484. The maximum Gasteiger partial charge on any atom is 0.349 e. The second-order valence-electron chi connectivity index (χ2n) is 5.35. The van der Waals surface area contributed by atoms with Crippen LogP contribution in [-0.2, 0) is 16.0 Å². The zero-order valence-electron chi connectivity index (χ0n) is 12.5. The summed E-state index contributed by atoms with van der Waals surface area (Å²) in [5.41, 5.74) is 2.95. The van der Waals surface area contributed by atoms with E-state index in [4.69, 9.17) is 4.74 Å². The summed E-state index contributed by atoms with van der Waals surface area (Å²) >= 11 is 1.33. The Balaban J connectivity index is 1.71. The van der Waals surface area contributed by atoms with E-state index in [1.54, 1.807) is 11.8 Å². The van der Waals surface area contributed by atoms with Gasteiger partial charge < -0.3 is 9.64 Å². The number of aryl methyl sites for hydroxylation is 1. The van der Waals surface area contributed by atoms with Crippen LogP contribution in [-0.4, -0.2) is 24.5 Å². The number of ether oxygens (including phenoxy) is 1. The van der Waals surface area contributed by atoms with Gasteiger partial charge in [-0.15, -0.1) is 11.3 Å². The fourth-order valence-electron chi connectivity index (χ4n) is 2.63. The first-order chi connectivity index (χ1) is 10.6. The number of rotatable bonds is 3. The lowest BCUT2D eigenvalue weighted by Crippen LogP contribution is -2.39. The number of hydrogen-bond donors (Lipinski definition) is 0. The number of carbonyl (C=O) groups is 2. The standard InChI is InChI=1S/C17H17NO3S/c1-11-8-10-22-15(11)17(20)21-12(2)16(19)18-9-7-13-5-3-4-6-14(13)18/h3-6,8,10,12H,7,9H2,1-2H3/t12-/m0/s1. The van der Waals surface area contributed by atoms with Crippen LogP contribution in [0.2, 0.25) is 0 Å². The third-order valence-corrected chi connectivity index (χ3v) is 4.83. The van der Waals surface area contributed by atoms with Crippen molar-refractivity contribution in [2.24, 2.45) is 0 Å². The summed E-state index contributed by atoms with van der Waals surface area (Å²) in [6, 6.07) is 9.70. The highest BCUT2D eigenvalue weighted by molar-refractivity contribution is 7.12. The van der Waals surface area contributed by atoms with E-state index in [0.717, 1.165) is 23.2 Å². The monoisotopic (exact) mass is 315 g/mol. The van der Waals surface area contributed by atoms with Crippen molar-refractivity contribution in [1.29, 1.82) is 0 Å². The van der Waals surface area contributed by atoms with Crippen LogP contribution in [0.15, 0.2) is 35.7 Å². The third-order valence-electron chi connectivity index (χ3n) is 3.83. The predicted octanol–water partition coefficient (Wildman–Crippen LogP) is 3.19. The number of nitrogens with zero attached hydrogens (tertiary/aromatic N) is 1. The van der Waals surface area contributed by atoms with E-state index in [1.165, 1.54) is 11.3 Å². The van der Waals surface area contributed by atoms with Crippen molar-refractivity contribution in [2.45, 2.75) is 26.4 Å². The Bertz CT molecular complexity index is 722. The van der Waals surface area contributed by atoms with Gasteiger partial charge in [0.15, 0.2) is 6.10 Å². The van der Waals surface area contributed by atoms with E-state index in [2.05, 4.69) is 0 Å². The van der Waals surface area contributed by atoms with Crippen LogP contribution in [0.5, 0.6) is 0 Å². The van der Waals surface area contributed by atoms with Crippen LogP contribution in [0.1, 0.15) is 27.7 Å². The number of amides is 1. The van der Waals surface area contributed by atoms with E-state index in [1.807, 2.05) is 42.6 Å². The molecule has 4 nitrogen and oxygen atoms in total. The molecule has 2 heterocycles. The number of carbonyl (C=O) groups excluding carboxylic acids is 2. The molecule has 0 fully saturated rings. The van der Waals surface area contributed by atoms with Gasteiger partial charge in [-0.05, 0) is 48.9 Å². The highest BCUT2D eigenvalue weighted by atomic mass is 32.1. The number of esters is 1. The number of hydrogen-bond acceptors (Lipinski definition) is 4. The van der Waals surface area contributed by atoms with Gasteiger partial charge in [0.25, 0.3) is 5.91 Å². The molecule has 0 saturated heterocycles. The summed E-state index contributed by atoms with van der Waals surface area (Å²) in [5, 5.41) is 1.84. The minimum Gasteiger partial charge on any atom is -0.448 e. The molecular weight excluding hydrogens is 298 g/mol. The van der Waals surface area contributed by atoms with Gasteiger partial charge in [0.05, 0.1) is 0 Å². The van der Waals surface area contributed by atoms with E-state index >= 15 is 0 Å². The Morgan fingerprint density at radius 3 is 2.77 bits per heavy atom. The zero-order valence-corrected chi connectivity index (χ0v) is 13.4. The Morgan fingerprint density at radius 1 is 1.27 bits per heavy atom. The second kappa shape index (κ2) is 5.93. The number of anilines is 1. The van der Waals surface area contributed by atoms with Crippen molar-refractivity contribution in [2.75, 3.05) is 11.4 Å². The number of fused-ring (bicyclic) bond motifs is 1. The van der Waals surface area contributed by atoms with Gasteiger partial charge in [-0.1, -0.05) is 18.2 Å².